The lowest BCUT2D eigenvalue weighted by Gasteiger charge is -2.30. The maximum Gasteiger partial charge on any atom is 0.340 e. The number of esters is 1. The molecule has 2 nitrogen and oxygen atoms in total. The minimum Gasteiger partial charge on any atom is -0.441 e. The summed E-state index contributed by atoms with van der Waals surface area (Å²) in [7, 11) is 0. The maximum absolute atomic E-state index is 12.5. The number of hydrogen-bond donors (Lipinski definition) is 0. The van der Waals surface area contributed by atoms with Crippen LogP contribution < -0.4 is 0 Å². The van der Waals surface area contributed by atoms with Crippen LogP contribution in [0.3, 0.4) is 0 Å². The van der Waals surface area contributed by atoms with Gasteiger partial charge in [0.2, 0.25) is 0 Å². The zero-order chi connectivity index (χ0) is 20.7. The van der Waals surface area contributed by atoms with Crippen LogP contribution in [-0.4, -0.2) is 5.97 Å². The minimum atomic E-state index is -0.880. The fraction of sp³-hybridized carbons (Fsp3) is 0.269. The Kier molecular flexibility index (Phi) is 7.17. The van der Waals surface area contributed by atoms with E-state index in [9.17, 15) is 4.79 Å². The zero-order valence-corrected chi connectivity index (χ0v) is 17.7. The molecule has 0 bridgehead atoms. The van der Waals surface area contributed by atoms with Gasteiger partial charge in [-0.3, -0.25) is 0 Å². The maximum atomic E-state index is 12.5. The number of benzene rings is 3. The monoisotopic (exact) mass is 374 g/mol. The van der Waals surface area contributed by atoms with Crippen LogP contribution in [0.25, 0.3) is 0 Å². The molecule has 0 saturated heterocycles. The summed E-state index contributed by atoms with van der Waals surface area (Å²) >= 11 is 0. The van der Waals surface area contributed by atoms with Gasteiger partial charge in [-0.15, -0.1) is 0 Å². The molecule has 28 heavy (non-hydrogen) atoms. The third kappa shape index (κ3) is 3.73. The first-order valence-electron chi connectivity index (χ1n) is 10.1. The second-order valence-electron chi connectivity index (χ2n) is 6.35. The van der Waals surface area contributed by atoms with E-state index in [1.165, 1.54) is 11.1 Å². The van der Waals surface area contributed by atoms with Crippen LogP contribution in [-0.2, 0) is 10.3 Å². The van der Waals surface area contributed by atoms with Crippen LogP contribution in [0.4, 0.5) is 0 Å². The van der Waals surface area contributed by atoms with E-state index in [-0.39, 0.29) is 5.97 Å². The molecule has 0 aliphatic carbocycles. The van der Waals surface area contributed by atoms with Gasteiger partial charge in [0, 0.05) is 16.7 Å². The molecular formula is C26H30O2. The number of carbonyl (C=O) groups excluding carboxylic acids is 1. The summed E-state index contributed by atoms with van der Waals surface area (Å²) in [6.45, 7) is 12.1. The lowest BCUT2D eigenvalue weighted by molar-refractivity contribution is 0.0251. The van der Waals surface area contributed by atoms with Gasteiger partial charge in [-0.1, -0.05) is 106 Å². The first-order valence-corrected chi connectivity index (χ1v) is 10.1. The van der Waals surface area contributed by atoms with Crippen molar-refractivity contribution >= 4 is 5.97 Å². The van der Waals surface area contributed by atoms with Crippen molar-refractivity contribution in [1.29, 1.82) is 0 Å². The summed E-state index contributed by atoms with van der Waals surface area (Å²) in [5, 5.41) is 0. The second kappa shape index (κ2) is 9.36. The van der Waals surface area contributed by atoms with Crippen molar-refractivity contribution < 1.29 is 9.53 Å². The van der Waals surface area contributed by atoms with E-state index in [1.54, 1.807) is 0 Å². The molecule has 1 aliphatic heterocycles. The molecule has 0 atom stereocenters. The van der Waals surface area contributed by atoms with E-state index in [2.05, 4.69) is 38.1 Å². The van der Waals surface area contributed by atoms with E-state index in [0.717, 1.165) is 16.7 Å². The molecule has 0 fully saturated rings. The number of rotatable bonds is 2. The molecule has 0 saturated carbocycles. The summed E-state index contributed by atoms with van der Waals surface area (Å²) in [6.07, 6.45) is 0. The summed E-state index contributed by atoms with van der Waals surface area (Å²) in [6, 6.07) is 24.1. The third-order valence-corrected chi connectivity index (χ3v) is 4.69. The van der Waals surface area contributed by atoms with Crippen LogP contribution in [0.15, 0.2) is 72.8 Å². The highest BCUT2D eigenvalue weighted by Gasteiger charge is 2.48. The molecule has 3 aromatic rings. The topological polar surface area (TPSA) is 26.3 Å². The van der Waals surface area contributed by atoms with Crippen LogP contribution in [0.2, 0.25) is 0 Å². The summed E-state index contributed by atoms with van der Waals surface area (Å²) in [5.41, 5.74) is 4.95. The Labute approximate surface area is 169 Å². The van der Waals surface area contributed by atoms with Gasteiger partial charge in [0.05, 0.1) is 5.56 Å². The number of aryl methyl sites for hydroxylation is 2. The predicted molar refractivity (Wildman–Crippen MR) is 117 cm³/mol. The second-order valence-corrected chi connectivity index (χ2v) is 6.35. The first kappa shape index (κ1) is 21.4. The van der Waals surface area contributed by atoms with E-state index in [1.807, 2.05) is 76.2 Å². The molecule has 2 heteroatoms. The highest BCUT2D eigenvalue weighted by molar-refractivity contribution is 5.96. The molecule has 0 unspecified atom stereocenters. The fourth-order valence-electron chi connectivity index (χ4n) is 3.39. The molecule has 4 rings (SSSR count). The van der Waals surface area contributed by atoms with Crippen molar-refractivity contribution in [3.63, 3.8) is 0 Å². The SMILES string of the molecule is CC.CC.Cc1ccc(C2(c3ccc(C)cc3)OC(=O)c3ccccc32)cc1. The minimum absolute atomic E-state index is 0.272. The van der Waals surface area contributed by atoms with E-state index < -0.39 is 5.60 Å². The average molecular weight is 375 g/mol. The van der Waals surface area contributed by atoms with Crippen molar-refractivity contribution in [2.24, 2.45) is 0 Å². The zero-order valence-electron chi connectivity index (χ0n) is 17.7. The van der Waals surface area contributed by atoms with Crippen LogP contribution in [0, 0.1) is 13.8 Å². The molecule has 0 aromatic heterocycles. The van der Waals surface area contributed by atoms with Crippen LogP contribution >= 0.6 is 0 Å². The quantitative estimate of drug-likeness (QED) is 0.460. The van der Waals surface area contributed by atoms with E-state index >= 15 is 0 Å². The van der Waals surface area contributed by atoms with Crippen molar-refractivity contribution in [3.05, 3.63) is 106 Å². The predicted octanol–water partition coefficient (Wildman–Crippen LogP) is 6.82. The molecule has 0 amide bonds. The molecule has 0 radical (unpaired) electrons. The van der Waals surface area contributed by atoms with Gasteiger partial charge in [0.15, 0.2) is 5.60 Å². The standard InChI is InChI=1S/C22H18O2.2C2H6/c1-15-7-11-17(12-8-15)22(18-13-9-16(2)10-14-18)20-6-4-3-5-19(20)21(23)24-22;2*1-2/h3-14H,1-2H3;2*1-2H3. The smallest absolute Gasteiger partial charge is 0.340 e. The summed E-state index contributed by atoms with van der Waals surface area (Å²) in [5.74, 6) is -0.272. The highest BCUT2D eigenvalue weighted by Crippen LogP contribution is 2.46. The Balaban J connectivity index is 0.000000660. The number of fused-ring (bicyclic) bond motifs is 1. The first-order chi connectivity index (χ1) is 13.6. The Morgan fingerprint density at radius 1 is 0.643 bits per heavy atom. The van der Waals surface area contributed by atoms with Crippen molar-refractivity contribution in [3.8, 4) is 0 Å². The number of carbonyl (C=O) groups is 1. The normalized spacial score (nSPS) is 13.3. The lowest BCUT2D eigenvalue weighted by atomic mass is 9.79. The Hall–Kier alpha value is -2.87. The lowest BCUT2D eigenvalue weighted by Crippen LogP contribution is -2.29. The van der Waals surface area contributed by atoms with Crippen molar-refractivity contribution in [2.75, 3.05) is 0 Å². The average Bonchev–Trinajstić information content (AvgIpc) is 3.06. The molecule has 3 aromatic carbocycles. The Morgan fingerprint density at radius 2 is 1.07 bits per heavy atom. The number of cyclic esters (lactones) is 1. The van der Waals surface area contributed by atoms with E-state index in [4.69, 9.17) is 4.74 Å². The molecule has 0 spiro atoms. The molecule has 146 valence electrons. The van der Waals surface area contributed by atoms with Gasteiger partial charge in [0.1, 0.15) is 0 Å². The Morgan fingerprint density at radius 3 is 1.54 bits per heavy atom. The van der Waals surface area contributed by atoms with Gasteiger partial charge in [-0.25, -0.2) is 4.79 Å². The van der Waals surface area contributed by atoms with Gasteiger partial charge in [-0.05, 0) is 19.9 Å². The largest absolute Gasteiger partial charge is 0.441 e. The molecular weight excluding hydrogens is 344 g/mol. The van der Waals surface area contributed by atoms with E-state index in [0.29, 0.717) is 5.56 Å². The highest BCUT2D eigenvalue weighted by atomic mass is 16.6. The van der Waals surface area contributed by atoms with Crippen LogP contribution in [0.1, 0.15) is 65.9 Å². The van der Waals surface area contributed by atoms with Crippen molar-refractivity contribution in [2.45, 2.75) is 47.1 Å². The molecule has 0 N–H and O–H groups in total. The van der Waals surface area contributed by atoms with Gasteiger partial charge in [0.25, 0.3) is 0 Å². The van der Waals surface area contributed by atoms with Crippen molar-refractivity contribution in [1.82, 2.24) is 0 Å². The molecule has 1 heterocycles. The molecule has 1 aliphatic rings. The number of ether oxygens (including phenoxy) is 1. The van der Waals surface area contributed by atoms with Gasteiger partial charge in [-0.2, -0.15) is 0 Å². The third-order valence-electron chi connectivity index (χ3n) is 4.69. The summed E-state index contributed by atoms with van der Waals surface area (Å²) < 4.78 is 6.03. The van der Waals surface area contributed by atoms with Gasteiger partial charge >= 0.3 is 5.97 Å². The number of hydrogen-bond acceptors (Lipinski definition) is 2. The Bertz CT molecular complexity index is 860. The fourth-order valence-corrected chi connectivity index (χ4v) is 3.39. The van der Waals surface area contributed by atoms with Crippen LogP contribution in [0.5, 0.6) is 0 Å². The summed E-state index contributed by atoms with van der Waals surface area (Å²) in [4.78, 5) is 12.5. The van der Waals surface area contributed by atoms with Gasteiger partial charge < -0.3 is 4.74 Å².